The van der Waals surface area contributed by atoms with Crippen LogP contribution in [0.2, 0.25) is 0 Å². The molecule has 3 aromatic heterocycles. The zero-order valence-electron chi connectivity index (χ0n) is 13.6. The van der Waals surface area contributed by atoms with Crippen LogP contribution >= 0.6 is 0 Å². The Hall–Kier alpha value is -2.17. The van der Waals surface area contributed by atoms with Gasteiger partial charge >= 0.3 is 5.51 Å². The number of nitrogens with one attached hydrogen (secondary N) is 1. The lowest BCUT2D eigenvalue weighted by molar-refractivity contribution is -0.0439. The van der Waals surface area contributed by atoms with Crippen LogP contribution in [0.25, 0.3) is 16.6 Å². The predicted molar refractivity (Wildman–Crippen MR) is 87.2 cm³/mol. The van der Waals surface area contributed by atoms with Crippen LogP contribution in [-0.4, -0.2) is 44.5 Å². The number of aromatic nitrogens is 5. The van der Waals surface area contributed by atoms with Gasteiger partial charge in [0.2, 0.25) is 9.84 Å². The smallest absolute Gasteiger partial charge is 0.346 e. The molecular weight excluding hydrogens is 371 g/mol. The number of rotatable bonds is 3. The highest BCUT2D eigenvalue weighted by Gasteiger charge is 2.46. The van der Waals surface area contributed by atoms with Gasteiger partial charge in [0.25, 0.3) is 0 Å². The van der Waals surface area contributed by atoms with Crippen LogP contribution in [0.1, 0.15) is 37.3 Å². The Labute approximate surface area is 146 Å². The third-order valence-electron chi connectivity index (χ3n) is 5.04. The second-order valence-electron chi connectivity index (χ2n) is 6.70. The summed E-state index contributed by atoms with van der Waals surface area (Å²) in [5.74, 6) is -1.27. The molecule has 0 aromatic carbocycles. The molecule has 0 unspecified atom stereocenters. The van der Waals surface area contributed by atoms with E-state index in [-0.39, 0.29) is 5.92 Å². The van der Waals surface area contributed by atoms with Crippen LogP contribution < -0.4 is 0 Å². The minimum atomic E-state index is -5.18. The topological polar surface area (TPSA) is 93.0 Å². The molecule has 0 bridgehead atoms. The number of nitrogens with zero attached hydrogens (tertiary/aromatic N) is 4. The monoisotopic (exact) mass is 387 g/mol. The van der Waals surface area contributed by atoms with Gasteiger partial charge in [0, 0.05) is 17.5 Å². The zero-order valence-corrected chi connectivity index (χ0v) is 14.4. The molecule has 4 rings (SSSR count). The average molecular weight is 387 g/mol. The van der Waals surface area contributed by atoms with E-state index in [1.165, 1.54) is 0 Å². The molecule has 140 valence electrons. The first kappa shape index (κ1) is 17.3. The maximum absolute atomic E-state index is 12.6. The molecule has 7 nitrogen and oxygen atoms in total. The van der Waals surface area contributed by atoms with Gasteiger partial charge in [-0.1, -0.05) is 5.21 Å². The Morgan fingerprint density at radius 3 is 2.65 bits per heavy atom. The van der Waals surface area contributed by atoms with Crippen molar-refractivity contribution in [2.75, 3.05) is 5.75 Å². The maximum Gasteiger partial charge on any atom is 0.497 e. The van der Waals surface area contributed by atoms with Gasteiger partial charge in [-0.05, 0) is 37.7 Å². The van der Waals surface area contributed by atoms with Gasteiger partial charge in [-0.15, -0.1) is 5.10 Å². The fraction of sp³-hybridized carbons (Fsp3) is 0.533. The summed E-state index contributed by atoms with van der Waals surface area (Å²) in [6.07, 6.45) is 5.33. The van der Waals surface area contributed by atoms with Gasteiger partial charge in [0.05, 0.1) is 11.4 Å². The number of hydrogen-bond donors (Lipinski definition) is 1. The van der Waals surface area contributed by atoms with Crippen molar-refractivity contribution in [1.82, 2.24) is 24.8 Å². The predicted octanol–water partition coefficient (Wildman–Crippen LogP) is 2.81. The van der Waals surface area contributed by atoms with E-state index in [0.717, 1.165) is 16.6 Å². The summed E-state index contributed by atoms with van der Waals surface area (Å²) >= 11 is 0. The number of sulfone groups is 1. The van der Waals surface area contributed by atoms with E-state index in [1.54, 1.807) is 17.0 Å². The lowest BCUT2D eigenvalue weighted by atomic mass is 9.81. The number of aromatic amines is 1. The number of alkyl halides is 3. The van der Waals surface area contributed by atoms with Gasteiger partial charge in [0.15, 0.2) is 0 Å². The van der Waals surface area contributed by atoms with Crippen molar-refractivity contribution in [3.05, 3.63) is 24.3 Å². The molecule has 26 heavy (non-hydrogen) atoms. The largest absolute Gasteiger partial charge is 0.497 e. The molecule has 0 aliphatic heterocycles. The van der Waals surface area contributed by atoms with Gasteiger partial charge in [-0.25, -0.2) is 17.9 Å². The Kier molecular flexibility index (Phi) is 3.94. The molecule has 1 aliphatic carbocycles. The van der Waals surface area contributed by atoms with E-state index in [9.17, 15) is 21.6 Å². The Bertz CT molecular complexity index is 1050. The van der Waals surface area contributed by atoms with E-state index >= 15 is 0 Å². The van der Waals surface area contributed by atoms with Crippen LogP contribution in [0.5, 0.6) is 0 Å². The molecular formula is C15H16F3N5O2S. The first-order valence-electron chi connectivity index (χ1n) is 8.22. The number of fused-ring (bicyclic) bond motifs is 3. The minimum absolute atomic E-state index is 0.0397. The summed E-state index contributed by atoms with van der Waals surface area (Å²) in [6, 6.07) is 1.88. The standard InChI is InChI=1S/C15H16F3N5O2S/c16-15(17,18)26(24,25)7-9-1-3-10(4-2-9)12-13-11-5-6-19-14(11)20-8-23(13)22-21-12/h5-6,8-10,19H,1-4,7H2. The summed E-state index contributed by atoms with van der Waals surface area (Å²) in [7, 11) is -5.07. The second kappa shape index (κ2) is 5.93. The van der Waals surface area contributed by atoms with Crippen LogP contribution in [-0.2, 0) is 9.84 Å². The molecule has 0 radical (unpaired) electrons. The highest BCUT2D eigenvalue weighted by molar-refractivity contribution is 7.92. The van der Waals surface area contributed by atoms with Crippen LogP contribution in [0, 0.1) is 5.92 Å². The van der Waals surface area contributed by atoms with Crippen LogP contribution in [0.15, 0.2) is 18.6 Å². The SMILES string of the molecule is O=S(=O)(CC1CCC(c2nnn3cnc4[nH]ccc4c23)CC1)C(F)(F)F. The molecule has 1 aliphatic rings. The maximum atomic E-state index is 12.6. The van der Waals surface area contributed by atoms with Crippen molar-refractivity contribution in [2.45, 2.75) is 37.1 Å². The van der Waals surface area contributed by atoms with Crippen LogP contribution in [0.3, 0.4) is 0 Å². The molecule has 1 fully saturated rings. The molecule has 1 N–H and O–H groups in total. The first-order valence-corrected chi connectivity index (χ1v) is 9.87. The van der Waals surface area contributed by atoms with E-state index in [2.05, 4.69) is 20.3 Å². The van der Waals surface area contributed by atoms with Crippen molar-refractivity contribution in [3.8, 4) is 0 Å². The second-order valence-corrected chi connectivity index (χ2v) is 8.72. The number of halogens is 3. The van der Waals surface area contributed by atoms with Gasteiger partial charge in [-0.3, -0.25) is 0 Å². The van der Waals surface area contributed by atoms with E-state index in [1.807, 2.05) is 6.07 Å². The van der Waals surface area contributed by atoms with Crippen LogP contribution in [0.4, 0.5) is 13.2 Å². The summed E-state index contributed by atoms with van der Waals surface area (Å²) in [5, 5.41) is 9.21. The quantitative estimate of drug-likeness (QED) is 0.746. The van der Waals surface area contributed by atoms with E-state index in [4.69, 9.17) is 0 Å². The first-order chi connectivity index (χ1) is 12.3. The van der Waals surface area contributed by atoms with Gasteiger partial charge < -0.3 is 4.98 Å². The summed E-state index contributed by atoms with van der Waals surface area (Å²) in [5.41, 5.74) is -2.84. The third kappa shape index (κ3) is 2.83. The molecule has 3 heterocycles. The fourth-order valence-electron chi connectivity index (χ4n) is 3.70. The Balaban J connectivity index is 1.54. The van der Waals surface area contributed by atoms with Crippen molar-refractivity contribution in [1.29, 1.82) is 0 Å². The van der Waals surface area contributed by atoms with Crippen molar-refractivity contribution in [2.24, 2.45) is 5.92 Å². The summed E-state index contributed by atoms with van der Waals surface area (Å²) in [6.45, 7) is 0. The van der Waals surface area contributed by atoms with E-state index < -0.39 is 27.0 Å². The fourth-order valence-corrected chi connectivity index (χ4v) is 4.84. The molecule has 0 saturated heterocycles. The Morgan fingerprint density at radius 1 is 1.23 bits per heavy atom. The summed E-state index contributed by atoms with van der Waals surface area (Å²) < 4.78 is 62.0. The highest BCUT2D eigenvalue weighted by atomic mass is 32.2. The molecule has 0 amide bonds. The zero-order chi connectivity index (χ0) is 18.5. The third-order valence-corrected chi connectivity index (χ3v) is 6.65. The normalized spacial score (nSPS) is 22.3. The van der Waals surface area contributed by atoms with Crippen molar-refractivity contribution >= 4 is 26.4 Å². The van der Waals surface area contributed by atoms with Crippen molar-refractivity contribution < 1.29 is 21.6 Å². The van der Waals surface area contributed by atoms with E-state index in [0.29, 0.717) is 31.3 Å². The number of hydrogen-bond acceptors (Lipinski definition) is 5. The molecule has 3 aromatic rings. The molecule has 1 saturated carbocycles. The molecule has 11 heteroatoms. The molecule has 0 atom stereocenters. The average Bonchev–Trinajstić information content (AvgIpc) is 3.20. The van der Waals surface area contributed by atoms with Gasteiger partial charge in [0.1, 0.15) is 17.5 Å². The lowest BCUT2D eigenvalue weighted by Gasteiger charge is -2.27. The molecule has 0 spiro atoms. The van der Waals surface area contributed by atoms with Gasteiger partial charge in [-0.2, -0.15) is 13.2 Å². The number of H-pyrrole nitrogens is 1. The minimum Gasteiger partial charge on any atom is -0.346 e. The van der Waals surface area contributed by atoms with Crippen molar-refractivity contribution in [3.63, 3.8) is 0 Å². The lowest BCUT2D eigenvalue weighted by Crippen LogP contribution is -2.31. The highest BCUT2D eigenvalue weighted by Crippen LogP contribution is 2.39. The Morgan fingerprint density at radius 2 is 1.96 bits per heavy atom. The summed E-state index contributed by atoms with van der Waals surface area (Å²) in [4.78, 5) is 7.26.